The van der Waals surface area contributed by atoms with Crippen molar-refractivity contribution in [3.05, 3.63) is 35.7 Å². The number of hydrogen-bond donors (Lipinski definition) is 2. The Balaban J connectivity index is 1.84. The number of aromatic amines is 1. The fourth-order valence-electron chi connectivity index (χ4n) is 3.70. The molecular weight excluding hydrogens is 369 g/mol. The van der Waals surface area contributed by atoms with Gasteiger partial charge in [0.25, 0.3) is 0 Å². The van der Waals surface area contributed by atoms with Crippen molar-refractivity contribution in [1.29, 1.82) is 0 Å². The molecule has 1 aliphatic rings. The van der Waals surface area contributed by atoms with Gasteiger partial charge in [0.15, 0.2) is 5.65 Å². The van der Waals surface area contributed by atoms with Crippen molar-refractivity contribution in [2.45, 2.75) is 37.9 Å². The smallest absolute Gasteiger partial charge is 0.324 e. The highest BCUT2D eigenvalue weighted by Gasteiger charge is 2.38. The number of piperidine rings is 1. The lowest BCUT2D eigenvalue weighted by atomic mass is 9.92. The molecule has 0 bridgehead atoms. The standard InChI is InChI=1S/C19H25F3N6/c1-18(23)8-5-11-28(12-18)10-4-7-14(19(20,21)22)16(24-2)15-13-6-3-9-25-17(13)27-26-15/h3,6-7,9H,4-5,8,10-12,23H2,1-2H3,(H,25,26,27)/b14-7+,24-16?. The Hall–Kier alpha value is -2.26. The van der Waals surface area contributed by atoms with Crippen LogP contribution in [0.2, 0.25) is 0 Å². The molecule has 0 spiro atoms. The van der Waals surface area contributed by atoms with Gasteiger partial charge >= 0.3 is 6.18 Å². The molecule has 6 nitrogen and oxygen atoms in total. The third-order valence-corrected chi connectivity index (χ3v) is 4.95. The zero-order valence-corrected chi connectivity index (χ0v) is 16.1. The molecule has 1 atom stereocenters. The van der Waals surface area contributed by atoms with E-state index in [9.17, 15) is 13.2 Å². The van der Waals surface area contributed by atoms with E-state index in [0.29, 0.717) is 24.1 Å². The summed E-state index contributed by atoms with van der Waals surface area (Å²) in [5, 5.41) is 7.15. The van der Waals surface area contributed by atoms with Gasteiger partial charge in [-0.05, 0) is 44.9 Å². The lowest BCUT2D eigenvalue weighted by molar-refractivity contribution is -0.0863. The van der Waals surface area contributed by atoms with Crippen LogP contribution < -0.4 is 5.73 Å². The average molecular weight is 394 g/mol. The van der Waals surface area contributed by atoms with Gasteiger partial charge in [-0.25, -0.2) is 4.98 Å². The SMILES string of the molecule is CN=C(/C(=C\CCN1CCCC(C)(N)C1)C(F)(F)F)c1[nH]nc2ncccc12. The summed E-state index contributed by atoms with van der Waals surface area (Å²) in [4.78, 5) is 10.1. The Morgan fingerprint density at radius 3 is 2.93 bits per heavy atom. The monoisotopic (exact) mass is 394 g/mol. The maximum Gasteiger partial charge on any atom is 0.418 e. The number of nitrogens with one attached hydrogen (secondary N) is 1. The van der Waals surface area contributed by atoms with Crippen LogP contribution >= 0.6 is 0 Å². The Kier molecular flexibility index (Phi) is 5.85. The van der Waals surface area contributed by atoms with Crippen molar-refractivity contribution < 1.29 is 13.2 Å². The van der Waals surface area contributed by atoms with Gasteiger partial charge < -0.3 is 10.6 Å². The first-order chi connectivity index (χ1) is 13.2. The summed E-state index contributed by atoms with van der Waals surface area (Å²) in [6.07, 6.45) is 0.374. The molecule has 3 N–H and O–H groups in total. The number of nitrogens with two attached hydrogens (primary N) is 1. The van der Waals surface area contributed by atoms with Gasteiger partial charge in [-0.2, -0.15) is 18.3 Å². The van der Waals surface area contributed by atoms with Gasteiger partial charge in [0, 0.05) is 37.3 Å². The highest BCUT2D eigenvalue weighted by atomic mass is 19.4. The van der Waals surface area contributed by atoms with E-state index in [4.69, 9.17) is 5.73 Å². The van der Waals surface area contributed by atoms with E-state index < -0.39 is 11.7 Å². The number of aromatic nitrogens is 3. The molecule has 0 saturated carbocycles. The van der Waals surface area contributed by atoms with Crippen LogP contribution in [-0.4, -0.2) is 64.2 Å². The number of likely N-dealkylation sites (tertiary alicyclic amines) is 1. The maximum absolute atomic E-state index is 13.8. The lowest BCUT2D eigenvalue weighted by Crippen LogP contribution is -2.52. The minimum absolute atomic E-state index is 0.162. The maximum atomic E-state index is 13.8. The van der Waals surface area contributed by atoms with Crippen molar-refractivity contribution in [1.82, 2.24) is 20.1 Å². The molecule has 1 saturated heterocycles. The van der Waals surface area contributed by atoms with Gasteiger partial charge in [-0.1, -0.05) is 6.08 Å². The number of pyridine rings is 1. The van der Waals surface area contributed by atoms with E-state index in [0.717, 1.165) is 19.4 Å². The molecule has 1 aliphatic heterocycles. The van der Waals surface area contributed by atoms with Crippen molar-refractivity contribution >= 4 is 16.7 Å². The molecule has 0 amide bonds. The van der Waals surface area contributed by atoms with Crippen LogP contribution in [0.15, 0.2) is 35.0 Å². The van der Waals surface area contributed by atoms with Gasteiger partial charge in [0.05, 0.1) is 17.0 Å². The number of rotatable bonds is 5. The first kappa shape index (κ1) is 20.5. The average Bonchev–Trinajstić information content (AvgIpc) is 3.03. The molecule has 0 aliphatic carbocycles. The van der Waals surface area contributed by atoms with E-state index in [2.05, 4.69) is 25.1 Å². The topological polar surface area (TPSA) is 83.2 Å². The fraction of sp³-hybridized carbons (Fsp3) is 0.526. The molecule has 3 heterocycles. The van der Waals surface area contributed by atoms with Gasteiger partial charge in [0.2, 0.25) is 0 Å². The van der Waals surface area contributed by atoms with E-state index in [1.54, 1.807) is 18.3 Å². The van der Waals surface area contributed by atoms with E-state index in [-0.39, 0.29) is 23.4 Å². The second-order valence-electron chi connectivity index (χ2n) is 7.48. The minimum Gasteiger partial charge on any atom is -0.324 e. The van der Waals surface area contributed by atoms with Crippen LogP contribution in [-0.2, 0) is 0 Å². The first-order valence-corrected chi connectivity index (χ1v) is 9.26. The van der Waals surface area contributed by atoms with Crippen LogP contribution in [0.4, 0.5) is 13.2 Å². The number of fused-ring (bicyclic) bond motifs is 1. The lowest BCUT2D eigenvalue weighted by Gasteiger charge is -2.37. The number of hydrogen-bond acceptors (Lipinski definition) is 5. The molecule has 9 heteroatoms. The highest BCUT2D eigenvalue weighted by Crippen LogP contribution is 2.31. The second kappa shape index (κ2) is 8.00. The molecule has 28 heavy (non-hydrogen) atoms. The van der Waals surface area contributed by atoms with Crippen molar-refractivity contribution in [3.8, 4) is 0 Å². The Morgan fingerprint density at radius 2 is 2.25 bits per heavy atom. The number of nitrogens with zero attached hydrogens (tertiary/aromatic N) is 4. The molecule has 1 unspecified atom stereocenters. The van der Waals surface area contributed by atoms with Crippen molar-refractivity contribution in [2.75, 3.05) is 26.7 Å². The number of aliphatic imine (C=N–C) groups is 1. The number of halogens is 3. The number of allylic oxidation sites excluding steroid dienone is 1. The van der Waals surface area contributed by atoms with Crippen LogP contribution in [0.3, 0.4) is 0 Å². The van der Waals surface area contributed by atoms with Crippen LogP contribution in [0.5, 0.6) is 0 Å². The fourth-order valence-corrected chi connectivity index (χ4v) is 3.70. The van der Waals surface area contributed by atoms with E-state index in [1.165, 1.54) is 13.1 Å². The molecule has 0 aromatic carbocycles. The van der Waals surface area contributed by atoms with Crippen LogP contribution in [0, 0.1) is 0 Å². The zero-order valence-electron chi connectivity index (χ0n) is 16.1. The summed E-state index contributed by atoms with van der Waals surface area (Å²) in [6, 6.07) is 3.34. The third kappa shape index (κ3) is 4.59. The van der Waals surface area contributed by atoms with Crippen LogP contribution in [0.25, 0.3) is 11.0 Å². The first-order valence-electron chi connectivity index (χ1n) is 9.26. The molecule has 0 radical (unpaired) electrons. The Morgan fingerprint density at radius 1 is 1.46 bits per heavy atom. The number of alkyl halides is 3. The minimum atomic E-state index is -4.53. The van der Waals surface area contributed by atoms with E-state index >= 15 is 0 Å². The van der Waals surface area contributed by atoms with Crippen LogP contribution in [0.1, 0.15) is 31.9 Å². The van der Waals surface area contributed by atoms with Gasteiger partial charge in [0.1, 0.15) is 0 Å². The normalized spacial score (nSPS) is 22.8. The van der Waals surface area contributed by atoms with Crippen molar-refractivity contribution in [3.63, 3.8) is 0 Å². The molecule has 1 fully saturated rings. The summed E-state index contributed by atoms with van der Waals surface area (Å²) in [5.74, 6) is 0. The molecule has 2 aromatic heterocycles. The summed E-state index contributed by atoms with van der Waals surface area (Å²) in [6.45, 7) is 4.05. The number of H-pyrrole nitrogens is 1. The Bertz CT molecular complexity index is 881. The van der Waals surface area contributed by atoms with Gasteiger partial charge in [-0.3, -0.25) is 10.1 Å². The predicted molar refractivity (Wildman–Crippen MR) is 103 cm³/mol. The summed E-state index contributed by atoms with van der Waals surface area (Å²) >= 11 is 0. The summed E-state index contributed by atoms with van der Waals surface area (Å²) in [7, 11) is 1.35. The Labute approximate surface area is 161 Å². The predicted octanol–water partition coefficient (Wildman–Crippen LogP) is 3.07. The largest absolute Gasteiger partial charge is 0.418 e. The zero-order chi connectivity index (χ0) is 20.4. The molecule has 2 aromatic rings. The highest BCUT2D eigenvalue weighted by molar-refractivity contribution is 6.18. The van der Waals surface area contributed by atoms with Crippen molar-refractivity contribution in [2.24, 2.45) is 10.7 Å². The van der Waals surface area contributed by atoms with Gasteiger partial charge in [-0.15, -0.1) is 0 Å². The molecule has 3 rings (SSSR count). The quantitative estimate of drug-likeness (QED) is 0.764. The molecule has 152 valence electrons. The molecular formula is C19H25F3N6. The third-order valence-electron chi connectivity index (χ3n) is 4.95. The summed E-state index contributed by atoms with van der Waals surface area (Å²) < 4.78 is 41.4. The van der Waals surface area contributed by atoms with E-state index in [1.807, 2.05) is 6.92 Å². The second-order valence-corrected chi connectivity index (χ2v) is 7.48. The summed E-state index contributed by atoms with van der Waals surface area (Å²) in [5.41, 5.74) is 5.55.